The molecule has 0 radical (unpaired) electrons. The normalized spacial score (nSPS) is 12.3. The first kappa shape index (κ1) is 13.4. The molecule has 0 aromatic heterocycles. The van der Waals surface area contributed by atoms with Crippen molar-refractivity contribution >= 4 is 0 Å². The van der Waals surface area contributed by atoms with Crippen molar-refractivity contribution in [1.29, 1.82) is 0 Å². The predicted molar refractivity (Wildman–Crippen MR) is 59.9 cm³/mol. The highest BCUT2D eigenvalue weighted by Crippen LogP contribution is 1.99. The standard InChI is InChI=1S/C12H22O2/c1-2-3-4-5-6-7-8-9-10-11-12(13)14/h4-5,8-9,12-14H,2-3,6-7,10-11H2,1H3. The Hall–Kier alpha value is -0.600. The molecule has 0 fully saturated rings. The van der Waals surface area contributed by atoms with Crippen LogP contribution >= 0.6 is 0 Å². The number of rotatable bonds is 8. The van der Waals surface area contributed by atoms with E-state index in [1.165, 1.54) is 12.8 Å². The molecule has 0 rings (SSSR count). The molecule has 82 valence electrons. The average Bonchev–Trinajstić information content (AvgIpc) is 2.15. The number of hydrogen-bond donors (Lipinski definition) is 2. The van der Waals surface area contributed by atoms with Crippen molar-refractivity contribution in [2.45, 2.75) is 51.7 Å². The molecule has 0 aliphatic heterocycles. The van der Waals surface area contributed by atoms with Gasteiger partial charge in [0.25, 0.3) is 0 Å². The minimum Gasteiger partial charge on any atom is -0.368 e. The number of aliphatic hydroxyl groups excluding tert-OH is 1. The van der Waals surface area contributed by atoms with Gasteiger partial charge in [0.15, 0.2) is 6.29 Å². The lowest BCUT2D eigenvalue weighted by Crippen LogP contribution is -2.01. The summed E-state index contributed by atoms with van der Waals surface area (Å²) >= 11 is 0. The van der Waals surface area contributed by atoms with Gasteiger partial charge in [0.05, 0.1) is 0 Å². The molecule has 0 amide bonds. The van der Waals surface area contributed by atoms with Crippen molar-refractivity contribution in [2.75, 3.05) is 0 Å². The van der Waals surface area contributed by atoms with Gasteiger partial charge in [-0.3, -0.25) is 0 Å². The molecule has 0 aromatic carbocycles. The third kappa shape index (κ3) is 11.4. The largest absolute Gasteiger partial charge is 0.368 e. The van der Waals surface area contributed by atoms with Gasteiger partial charge in [-0.2, -0.15) is 0 Å². The van der Waals surface area contributed by atoms with Gasteiger partial charge in [0.1, 0.15) is 0 Å². The van der Waals surface area contributed by atoms with Gasteiger partial charge in [-0.25, -0.2) is 0 Å². The maximum absolute atomic E-state index is 8.56. The van der Waals surface area contributed by atoms with Crippen LogP contribution in [0.15, 0.2) is 24.3 Å². The lowest BCUT2D eigenvalue weighted by atomic mass is 10.2. The first-order valence-electron chi connectivity index (χ1n) is 5.43. The summed E-state index contributed by atoms with van der Waals surface area (Å²) in [4.78, 5) is 0. The van der Waals surface area contributed by atoms with Crippen LogP contribution in [-0.2, 0) is 0 Å². The van der Waals surface area contributed by atoms with Crippen LogP contribution in [0.4, 0.5) is 0 Å². The first-order chi connectivity index (χ1) is 6.77. The fourth-order valence-corrected chi connectivity index (χ4v) is 1.08. The molecule has 0 aromatic rings. The van der Waals surface area contributed by atoms with E-state index < -0.39 is 6.29 Å². The molecule has 2 heteroatoms. The van der Waals surface area contributed by atoms with Crippen molar-refractivity contribution in [2.24, 2.45) is 0 Å². The molecule has 0 saturated heterocycles. The highest BCUT2D eigenvalue weighted by atomic mass is 16.5. The second-order valence-corrected chi connectivity index (χ2v) is 3.37. The van der Waals surface area contributed by atoms with E-state index in [1.54, 1.807) is 0 Å². The molecule has 2 N–H and O–H groups in total. The highest BCUT2D eigenvalue weighted by molar-refractivity contribution is 4.87. The third-order valence-corrected chi connectivity index (χ3v) is 1.88. The first-order valence-corrected chi connectivity index (χ1v) is 5.43. The van der Waals surface area contributed by atoms with Crippen LogP contribution in [0, 0.1) is 0 Å². The van der Waals surface area contributed by atoms with E-state index in [9.17, 15) is 0 Å². The summed E-state index contributed by atoms with van der Waals surface area (Å²) in [5, 5.41) is 17.1. The molecule has 0 saturated carbocycles. The average molecular weight is 198 g/mol. The number of unbranched alkanes of at least 4 members (excludes halogenated alkanes) is 2. The van der Waals surface area contributed by atoms with Crippen molar-refractivity contribution < 1.29 is 10.2 Å². The van der Waals surface area contributed by atoms with Gasteiger partial charge in [0, 0.05) is 6.42 Å². The Kier molecular flexibility index (Phi) is 10.0. The Morgan fingerprint density at radius 3 is 1.86 bits per heavy atom. The van der Waals surface area contributed by atoms with Crippen LogP contribution in [0.5, 0.6) is 0 Å². The molecule has 0 aliphatic carbocycles. The minimum absolute atomic E-state index is 0.433. The molecule has 0 unspecified atom stereocenters. The van der Waals surface area contributed by atoms with Gasteiger partial charge >= 0.3 is 0 Å². The quantitative estimate of drug-likeness (QED) is 0.358. The van der Waals surface area contributed by atoms with Crippen LogP contribution in [0.3, 0.4) is 0 Å². The SMILES string of the molecule is CCCC=CCCC=CCCC(O)O. The van der Waals surface area contributed by atoms with Gasteiger partial charge < -0.3 is 10.2 Å². The smallest absolute Gasteiger partial charge is 0.151 e. The second-order valence-electron chi connectivity index (χ2n) is 3.37. The number of hydrogen-bond acceptors (Lipinski definition) is 2. The Labute approximate surface area is 87.0 Å². The summed E-state index contributed by atoms with van der Waals surface area (Å²) in [6.45, 7) is 2.17. The van der Waals surface area contributed by atoms with Gasteiger partial charge in [-0.05, 0) is 25.7 Å². The predicted octanol–water partition coefficient (Wildman–Crippen LogP) is 2.77. The number of allylic oxidation sites excluding steroid dienone is 4. The molecule has 0 spiro atoms. The Morgan fingerprint density at radius 2 is 1.36 bits per heavy atom. The van der Waals surface area contributed by atoms with Crippen LogP contribution in [0.1, 0.15) is 45.4 Å². The second kappa shape index (κ2) is 10.5. The maximum atomic E-state index is 8.56. The van der Waals surface area contributed by atoms with Crippen LogP contribution in [0.2, 0.25) is 0 Å². The van der Waals surface area contributed by atoms with E-state index in [-0.39, 0.29) is 0 Å². The van der Waals surface area contributed by atoms with Gasteiger partial charge in [-0.15, -0.1) is 0 Å². The minimum atomic E-state index is -1.16. The summed E-state index contributed by atoms with van der Waals surface area (Å²) in [6, 6.07) is 0. The zero-order valence-corrected chi connectivity index (χ0v) is 9.02. The molecule has 0 atom stereocenters. The Morgan fingerprint density at radius 1 is 0.857 bits per heavy atom. The molecule has 14 heavy (non-hydrogen) atoms. The summed E-state index contributed by atoms with van der Waals surface area (Å²) < 4.78 is 0. The van der Waals surface area contributed by atoms with Crippen molar-refractivity contribution in [3.05, 3.63) is 24.3 Å². The Bertz CT molecular complexity index is 160. The molecule has 0 heterocycles. The number of aliphatic hydroxyl groups is 2. The fraction of sp³-hybridized carbons (Fsp3) is 0.667. The van der Waals surface area contributed by atoms with E-state index in [2.05, 4.69) is 25.2 Å². The lowest BCUT2D eigenvalue weighted by molar-refractivity contribution is -0.0442. The van der Waals surface area contributed by atoms with E-state index in [0.717, 1.165) is 19.3 Å². The van der Waals surface area contributed by atoms with E-state index >= 15 is 0 Å². The van der Waals surface area contributed by atoms with E-state index in [1.807, 2.05) is 6.08 Å². The molecular formula is C12H22O2. The van der Waals surface area contributed by atoms with Crippen molar-refractivity contribution in [1.82, 2.24) is 0 Å². The van der Waals surface area contributed by atoms with E-state index in [4.69, 9.17) is 10.2 Å². The lowest BCUT2D eigenvalue weighted by Gasteiger charge is -1.97. The molecule has 2 nitrogen and oxygen atoms in total. The summed E-state index contributed by atoms with van der Waals surface area (Å²) in [7, 11) is 0. The third-order valence-electron chi connectivity index (χ3n) is 1.88. The Balaban J connectivity index is 3.18. The summed E-state index contributed by atoms with van der Waals surface area (Å²) in [5.41, 5.74) is 0. The molecule has 0 aliphatic rings. The van der Waals surface area contributed by atoms with Crippen LogP contribution in [-0.4, -0.2) is 16.5 Å². The topological polar surface area (TPSA) is 40.5 Å². The zero-order valence-electron chi connectivity index (χ0n) is 9.02. The molecular weight excluding hydrogens is 176 g/mol. The molecule has 0 bridgehead atoms. The summed E-state index contributed by atoms with van der Waals surface area (Å²) in [6.07, 6.45) is 13.0. The highest BCUT2D eigenvalue weighted by Gasteiger charge is 1.91. The fourth-order valence-electron chi connectivity index (χ4n) is 1.08. The van der Waals surface area contributed by atoms with Crippen molar-refractivity contribution in [3.8, 4) is 0 Å². The van der Waals surface area contributed by atoms with Crippen molar-refractivity contribution in [3.63, 3.8) is 0 Å². The van der Waals surface area contributed by atoms with Gasteiger partial charge in [-0.1, -0.05) is 37.6 Å². The van der Waals surface area contributed by atoms with Gasteiger partial charge in [0.2, 0.25) is 0 Å². The van der Waals surface area contributed by atoms with Crippen LogP contribution < -0.4 is 0 Å². The van der Waals surface area contributed by atoms with Crippen LogP contribution in [0.25, 0.3) is 0 Å². The monoisotopic (exact) mass is 198 g/mol. The maximum Gasteiger partial charge on any atom is 0.151 e. The van der Waals surface area contributed by atoms with E-state index in [0.29, 0.717) is 6.42 Å². The zero-order chi connectivity index (χ0) is 10.6. The summed E-state index contributed by atoms with van der Waals surface area (Å²) in [5.74, 6) is 0.